The summed E-state index contributed by atoms with van der Waals surface area (Å²) < 4.78 is 31.8. The third kappa shape index (κ3) is 3.04. The average molecular weight is 317 g/mol. The van der Waals surface area contributed by atoms with Gasteiger partial charge in [-0.3, -0.25) is 0 Å². The smallest absolute Gasteiger partial charge is 0.333 e. The van der Waals surface area contributed by atoms with Gasteiger partial charge in [0.15, 0.2) is 6.04 Å². The van der Waals surface area contributed by atoms with Crippen LogP contribution in [0.5, 0.6) is 0 Å². The molecule has 0 amide bonds. The predicted octanol–water partition coefficient (Wildman–Crippen LogP) is 3.63. The molecule has 2 aromatic carbocycles. The highest BCUT2D eigenvalue weighted by molar-refractivity contribution is 5.83. The number of ether oxygens (including phenoxy) is 1. The predicted molar refractivity (Wildman–Crippen MR) is 83.2 cm³/mol. The number of halogens is 2. The molecule has 0 N–H and O–H groups in total. The van der Waals surface area contributed by atoms with E-state index < -0.39 is 6.04 Å². The maximum Gasteiger partial charge on any atom is 0.333 e. The van der Waals surface area contributed by atoms with Crippen LogP contribution in [0.3, 0.4) is 0 Å². The van der Waals surface area contributed by atoms with Gasteiger partial charge in [-0.25, -0.2) is 13.6 Å². The summed E-state index contributed by atoms with van der Waals surface area (Å²) in [6.07, 6.45) is 0.611. The van der Waals surface area contributed by atoms with Gasteiger partial charge in [0.2, 0.25) is 0 Å². The molecule has 23 heavy (non-hydrogen) atoms. The second-order valence-electron chi connectivity index (χ2n) is 5.42. The van der Waals surface area contributed by atoms with E-state index in [1.807, 2.05) is 4.90 Å². The van der Waals surface area contributed by atoms with E-state index in [1.54, 1.807) is 25.1 Å². The van der Waals surface area contributed by atoms with Crippen LogP contribution in [-0.2, 0) is 16.0 Å². The number of anilines is 1. The largest absolute Gasteiger partial charge is 0.464 e. The molecule has 0 bridgehead atoms. The molecule has 0 fully saturated rings. The third-order valence-electron chi connectivity index (χ3n) is 4.00. The van der Waals surface area contributed by atoms with Crippen molar-refractivity contribution < 1.29 is 18.3 Å². The fraction of sp³-hybridized carbons (Fsp3) is 0.278. The van der Waals surface area contributed by atoms with Crippen molar-refractivity contribution in [2.45, 2.75) is 19.4 Å². The number of esters is 1. The summed E-state index contributed by atoms with van der Waals surface area (Å²) in [6, 6.07) is 9.77. The Hall–Kier alpha value is -2.43. The number of carbonyl (C=O) groups is 1. The number of fused-ring (bicyclic) bond motifs is 1. The Bertz CT molecular complexity index is 715. The lowest BCUT2D eigenvalue weighted by Crippen LogP contribution is -2.40. The van der Waals surface area contributed by atoms with E-state index in [0.717, 1.165) is 16.8 Å². The molecule has 0 saturated heterocycles. The van der Waals surface area contributed by atoms with Gasteiger partial charge in [0.25, 0.3) is 0 Å². The molecule has 2 aromatic rings. The van der Waals surface area contributed by atoms with Crippen molar-refractivity contribution in [3.63, 3.8) is 0 Å². The maximum absolute atomic E-state index is 13.5. The van der Waals surface area contributed by atoms with Gasteiger partial charge in [-0.15, -0.1) is 0 Å². The van der Waals surface area contributed by atoms with E-state index >= 15 is 0 Å². The lowest BCUT2D eigenvalue weighted by molar-refractivity contribution is -0.145. The summed E-state index contributed by atoms with van der Waals surface area (Å²) in [5.41, 5.74) is 2.28. The van der Waals surface area contributed by atoms with Gasteiger partial charge in [0.1, 0.15) is 11.6 Å². The van der Waals surface area contributed by atoms with Crippen LogP contribution in [-0.4, -0.2) is 19.1 Å². The number of benzene rings is 2. The summed E-state index contributed by atoms with van der Waals surface area (Å²) in [4.78, 5) is 14.3. The third-order valence-corrected chi connectivity index (χ3v) is 4.00. The summed E-state index contributed by atoms with van der Waals surface area (Å²) in [5, 5.41) is 0. The minimum Gasteiger partial charge on any atom is -0.464 e. The van der Waals surface area contributed by atoms with Crippen LogP contribution in [0.25, 0.3) is 0 Å². The highest BCUT2D eigenvalue weighted by Crippen LogP contribution is 2.35. The fourth-order valence-corrected chi connectivity index (χ4v) is 2.98. The van der Waals surface area contributed by atoms with Crippen LogP contribution < -0.4 is 4.90 Å². The number of carbonyl (C=O) groups excluding carboxylic acids is 1. The summed E-state index contributed by atoms with van der Waals surface area (Å²) in [5.74, 6) is -1.04. The highest BCUT2D eigenvalue weighted by Gasteiger charge is 2.34. The van der Waals surface area contributed by atoms with Crippen LogP contribution in [0.15, 0.2) is 42.5 Å². The summed E-state index contributed by atoms with van der Waals surface area (Å²) >= 11 is 0. The van der Waals surface area contributed by atoms with Gasteiger partial charge in [-0.2, -0.15) is 0 Å². The van der Waals surface area contributed by atoms with Crippen molar-refractivity contribution >= 4 is 11.7 Å². The van der Waals surface area contributed by atoms with Gasteiger partial charge in [0.05, 0.1) is 6.61 Å². The first kappa shape index (κ1) is 15.5. The van der Waals surface area contributed by atoms with Crippen LogP contribution >= 0.6 is 0 Å². The monoisotopic (exact) mass is 317 g/mol. The molecular formula is C18H17F2NO2. The zero-order valence-electron chi connectivity index (χ0n) is 12.8. The Kier molecular flexibility index (Phi) is 4.28. The first-order chi connectivity index (χ1) is 11.1. The molecule has 1 aliphatic heterocycles. The number of rotatable bonds is 3. The maximum atomic E-state index is 13.5. The number of nitrogens with zero attached hydrogens (tertiary/aromatic N) is 1. The summed E-state index contributed by atoms with van der Waals surface area (Å²) in [6.45, 7) is 2.54. The molecule has 1 aliphatic rings. The molecule has 5 heteroatoms. The van der Waals surface area contributed by atoms with Crippen LogP contribution in [0.2, 0.25) is 0 Å². The van der Waals surface area contributed by atoms with E-state index in [1.165, 1.54) is 24.3 Å². The van der Waals surface area contributed by atoms with Gasteiger partial charge in [-0.05, 0) is 60.9 Å². The van der Waals surface area contributed by atoms with Crippen molar-refractivity contribution in [2.75, 3.05) is 18.1 Å². The highest BCUT2D eigenvalue weighted by atomic mass is 19.1. The second-order valence-corrected chi connectivity index (χ2v) is 5.42. The molecule has 0 aliphatic carbocycles. The molecule has 1 atom stereocenters. The molecule has 0 aromatic heterocycles. The van der Waals surface area contributed by atoms with E-state index in [0.29, 0.717) is 13.0 Å². The van der Waals surface area contributed by atoms with E-state index in [2.05, 4.69) is 0 Å². The lowest BCUT2D eigenvalue weighted by Gasteiger charge is -2.37. The molecule has 120 valence electrons. The van der Waals surface area contributed by atoms with Crippen molar-refractivity contribution in [3.05, 3.63) is 65.2 Å². The van der Waals surface area contributed by atoms with Gasteiger partial charge in [0, 0.05) is 12.2 Å². The minimum atomic E-state index is -0.648. The molecule has 1 heterocycles. The molecule has 0 radical (unpaired) electrons. The first-order valence-corrected chi connectivity index (χ1v) is 7.57. The van der Waals surface area contributed by atoms with Gasteiger partial charge in [-0.1, -0.05) is 6.07 Å². The Balaban J connectivity index is 2.03. The molecule has 0 spiro atoms. The van der Waals surface area contributed by atoms with E-state index in [9.17, 15) is 13.6 Å². The standard InChI is InChI=1S/C18H17F2NO2/c1-2-23-18(22)17-16-8-5-14(20)11-12(16)9-10-21(17)15-6-3-13(19)4-7-15/h3-8,11,17H,2,9-10H2,1H3/t17-/m1/s1. The number of hydrogen-bond donors (Lipinski definition) is 0. The minimum absolute atomic E-state index is 0.267. The van der Waals surface area contributed by atoms with Gasteiger partial charge < -0.3 is 9.64 Å². The Morgan fingerprint density at radius 2 is 1.87 bits per heavy atom. The van der Waals surface area contributed by atoms with Gasteiger partial charge >= 0.3 is 5.97 Å². The Morgan fingerprint density at radius 1 is 1.17 bits per heavy atom. The molecule has 3 nitrogen and oxygen atoms in total. The summed E-state index contributed by atoms with van der Waals surface area (Å²) in [7, 11) is 0. The topological polar surface area (TPSA) is 29.5 Å². The first-order valence-electron chi connectivity index (χ1n) is 7.57. The molecule has 0 unspecified atom stereocenters. The zero-order valence-corrected chi connectivity index (χ0v) is 12.8. The second kappa shape index (κ2) is 6.36. The van der Waals surface area contributed by atoms with Crippen LogP contribution in [0.1, 0.15) is 24.1 Å². The van der Waals surface area contributed by atoms with Crippen LogP contribution in [0, 0.1) is 11.6 Å². The van der Waals surface area contributed by atoms with E-state index in [-0.39, 0.29) is 24.2 Å². The normalized spacial score (nSPS) is 16.8. The van der Waals surface area contributed by atoms with Crippen molar-refractivity contribution in [3.8, 4) is 0 Å². The quantitative estimate of drug-likeness (QED) is 0.810. The Morgan fingerprint density at radius 3 is 2.57 bits per heavy atom. The molecular weight excluding hydrogens is 300 g/mol. The van der Waals surface area contributed by atoms with Crippen molar-refractivity contribution in [2.24, 2.45) is 0 Å². The lowest BCUT2D eigenvalue weighted by atomic mass is 9.92. The zero-order chi connectivity index (χ0) is 16.4. The number of hydrogen-bond acceptors (Lipinski definition) is 3. The Labute approximate surface area is 133 Å². The van der Waals surface area contributed by atoms with E-state index in [4.69, 9.17) is 4.74 Å². The molecule has 0 saturated carbocycles. The SMILES string of the molecule is CCOC(=O)[C@H]1c2ccc(F)cc2CCN1c1ccc(F)cc1. The molecule has 3 rings (SSSR count). The van der Waals surface area contributed by atoms with Crippen molar-refractivity contribution in [1.82, 2.24) is 0 Å². The average Bonchev–Trinajstić information content (AvgIpc) is 2.54. The van der Waals surface area contributed by atoms with Crippen molar-refractivity contribution in [1.29, 1.82) is 0 Å². The fourth-order valence-electron chi connectivity index (χ4n) is 2.98. The van der Waals surface area contributed by atoms with Crippen LogP contribution in [0.4, 0.5) is 14.5 Å².